The molecule has 0 aliphatic carbocycles. The third-order valence-electron chi connectivity index (χ3n) is 3.44. The number of ether oxygens (including phenoxy) is 2. The Bertz CT molecular complexity index is 693. The second-order valence-corrected chi connectivity index (χ2v) is 5.11. The van der Waals surface area contributed by atoms with Crippen LogP contribution in [0.15, 0.2) is 54.1 Å². The zero-order chi connectivity index (χ0) is 16.7. The lowest BCUT2D eigenvalue weighted by molar-refractivity contribution is -0.117. The van der Waals surface area contributed by atoms with Gasteiger partial charge in [-0.2, -0.15) is 0 Å². The van der Waals surface area contributed by atoms with Crippen LogP contribution < -0.4 is 14.8 Å². The Kier molecular flexibility index (Phi) is 5.80. The molecule has 0 unspecified atom stereocenters. The second kappa shape index (κ2) is 8.03. The van der Waals surface area contributed by atoms with Crippen molar-refractivity contribution in [3.05, 3.63) is 65.2 Å². The van der Waals surface area contributed by atoms with E-state index in [0.29, 0.717) is 23.6 Å². The van der Waals surface area contributed by atoms with Crippen LogP contribution in [0.4, 0.5) is 0 Å². The Balaban J connectivity index is 2.00. The van der Waals surface area contributed by atoms with E-state index >= 15 is 0 Å². The maximum atomic E-state index is 12.2. The highest BCUT2D eigenvalue weighted by Gasteiger charge is 2.07. The number of methoxy groups -OCH3 is 2. The first-order valence-corrected chi connectivity index (χ1v) is 7.36. The molecule has 4 heteroatoms. The lowest BCUT2D eigenvalue weighted by atomic mass is 10.1. The zero-order valence-corrected chi connectivity index (χ0v) is 13.6. The number of hydrogen-bond acceptors (Lipinski definition) is 3. The van der Waals surface area contributed by atoms with Gasteiger partial charge in [0.15, 0.2) is 11.5 Å². The predicted octanol–water partition coefficient (Wildman–Crippen LogP) is 3.42. The van der Waals surface area contributed by atoms with E-state index in [2.05, 4.69) is 5.32 Å². The first-order chi connectivity index (χ1) is 11.1. The summed E-state index contributed by atoms with van der Waals surface area (Å²) in [6.45, 7) is 2.23. The van der Waals surface area contributed by atoms with Gasteiger partial charge in [0.05, 0.1) is 14.2 Å². The van der Waals surface area contributed by atoms with Crippen molar-refractivity contribution in [3.63, 3.8) is 0 Å². The molecule has 0 fully saturated rings. The Morgan fingerprint density at radius 3 is 2.39 bits per heavy atom. The van der Waals surface area contributed by atoms with Gasteiger partial charge in [-0.3, -0.25) is 4.79 Å². The zero-order valence-electron chi connectivity index (χ0n) is 13.6. The van der Waals surface area contributed by atoms with Crippen molar-refractivity contribution in [2.24, 2.45) is 0 Å². The van der Waals surface area contributed by atoms with Crippen LogP contribution in [0.25, 0.3) is 6.08 Å². The van der Waals surface area contributed by atoms with Gasteiger partial charge in [0, 0.05) is 12.1 Å². The van der Waals surface area contributed by atoms with Crippen LogP contribution >= 0.6 is 0 Å². The molecule has 2 aromatic carbocycles. The van der Waals surface area contributed by atoms with Crippen molar-refractivity contribution < 1.29 is 14.3 Å². The Labute approximate surface area is 136 Å². The molecule has 0 heterocycles. The maximum absolute atomic E-state index is 12.2. The first-order valence-electron chi connectivity index (χ1n) is 7.36. The summed E-state index contributed by atoms with van der Waals surface area (Å²) in [6.07, 6.45) is 1.87. The molecule has 4 nitrogen and oxygen atoms in total. The fourth-order valence-corrected chi connectivity index (χ4v) is 2.18. The van der Waals surface area contributed by atoms with E-state index in [-0.39, 0.29) is 5.91 Å². The van der Waals surface area contributed by atoms with Gasteiger partial charge in [-0.15, -0.1) is 0 Å². The van der Waals surface area contributed by atoms with Crippen molar-refractivity contribution in [2.75, 3.05) is 14.2 Å². The first kappa shape index (κ1) is 16.6. The quantitative estimate of drug-likeness (QED) is 0.832. The molecule has 0 radical (unpaired) electrons. The van der Waals surface area contributed by atoms with Crippen molar-refractivity contribution in [1.82, 2.24) is 5.32 Å². The van der Waals surface area contributed by atoms with Crippen LogP contribution in [0.5, 0.6) is 11.5 Å². The highest BCUT2D eigenvalue weighted by atomic mass is 16.5. The molecule has 0 saturated carbocycles. The molecule has 0 aromatic heterocycles. The Morgan fingerprint density at radius 2 is 1.74 bits per heavy atom. The molecule has 0 atom stereocenters. The number of amides is 1. The van der Waals surface area contributed by atoms with Crippen molar-refractivity contribution >= 4 is 12.0 Å². The van der Waals surface area contributed by atoms with Gasteiger partial charge in [-0.25, -0.2) is 0 Å². The number of hydrogen-bond donors (Lipinski definition) is 1. The molecular weight excluding hydrogens is 290 g/mol. The molecule has 0 spiro atoms. The van der Waals surface area contributed by atoms with Crippen molar-refractivity contribution in [2.45, 2.75) is 13.5 Å². The summed E-state index contributed by atoms with van der Waals surface area (Å²) in [5, 5.41) is 2.90. The Hall–Kier alpha value is -2.75. The average Bonchev–Trinajstić information content (AvgIpc) is 2.60. The van der Waals surface area contributed by atoms with Crippen molar-refractivity contribution in [1.29, 1.82) is 0 Å². The Morgan fingerprint density at radius 1 is 1.04 bits per heavy atom. The highest BCUT2D eigenvalue weighted by molar-refractivity contribution is 5.97. The van der Waals surface area contributed by atoms with Gasteiger partial charge in [-0.05, 0) is 36.3 Å². The van der Waals surface area contributed by atoms with Crippen LogP contribution in [0, 0.1) is 0 Å². The predicted molar refractivity (Wildman–Crippen MR) is 91.5 cm³/mol. The van der Waals surface area contributed by atoms with E-state index < -0.39 is 0 Å². The smallest absolute Gasteiger partial charge is 0.247 e. The minimum absolute atomic E-state index is 0.0939. The minimum atomic E-state index is -0.0939. The lowest BCUT2D eigenvalue weighted by Gasteiger charge is -2.10. The SMILES string of the molecule is COc1ccc(CNC(=O)/C(C)=C/c2ccccc2)cc1OC. The summed E-state index contributed by atoms with van der Waals surface area (Å²) in [7, 11) is 3.18. The van der Waals surface area contributed by atoms with Crippen LogP contribution in [0.2, 0.25) is 0 Å². The normalized spacial score (nSPS) is 11.0. The van der Waals surface area contributed by atoms with E-state index in [1.807, 2.05) is 54.6 Å². The summed E-state index contributed by atoms with van der Waals surface area (Å²) >= 11 is 0. The van der Waals surface area contributed by atoms with Crippen LogP contribution in [-0.4, -0.2) is 20.1 Å². The highest BCUT2D eigenvalue weighted by Crippen LogP contribution is 2.27. The monoisotopic (exact) mass is 311 g/mol. The van der Waals surface area contributed by atoms with Crippen molar-refractivity contribution in [3.8, 4) is 11.5 Å². The van der Waals surface area contributed by atoms with E-state index in [4.69, 9.17) is 9.47 Å². The second-order valence-electron chi connectivity index (χ2n) is 5.11. The summed E-state index contributed by atoms with van der Waals surface area (Å²) in [6, 6.07) is 15.3. The van der Waals surface area contributed by atoms with Gasteiger partial charge >= 0.3 is 0 Å². The summed E-state index contributed by atoms with van der Waals surface area (Å²) < 4.78 is 10.5. The van der Waals surface area contributed by atoms with Gasteiger partial charge in [0.25, 0.3) is 0 Å². The third-order valence-corrected chi connectivity index (χ3v) is 3.44. The number of nitrogens with one attached hydrogen (secondary N) is 1. The summed E-state index contributed by atoms with van der Waals surface area (Å²) in [5.74, 6) is 1.22. The van der Waals surface area contributed by atoms with E-state index in [0.717, 1.165) is 11.1 Å². The van der Waals surface area contributed by atoms with Crippen LogP contribution in [0.1, 0.15) is 18.1 Å². The number of rotatable bonds is 6. The molecule has 120 valence electrons. The van der Waals surface area contributed by atoms with Crippen LogP contribution in [0.3, 0.4) is 0 Å². The molecule has 1 amide bonds. The van der Waals surface area contributed by atoms with Gasteiger partial charge in [0.1, 0.15) is 0 Å². The summed E-state index contributed by atoms with van der Waals surface area (Å²) in [4.78, 5) is 12.2. The van der Waals surface area contributed by atoms with E-state index in [1.54, 1.807) is 21.1 Å². The molecule has 1 N–H and O–H groups in total. The van der Waals surface area contributed by atoms with E-state index in [9.17, 15) is 4.79 Å². The van der Waals surface area contributed by atoms with E-state index in [1.165, 1.54) is 0 Å². The molecule has 0 aliphatic heterocycles. The molecule has 0 bridgehead atoms. The molecule has 0 saturated heterocycles. The maximum Gasteiger partial charge on any atom is 0.247 e. The largest absolute Gasteiger partial charge is 0.493 e. The molecule has 23 heavy (non-hydrogen) atoms. The topological polar surface area (TPSA) is 47.6 Å². The summed E-state index contributed by atoms with van der Waals surface area (Å²) in [5.41, 5.74) is 2.62. The number of carbonyl (C=O) groups excluding carboxylic acids is 1. The van der Waals surface area contributed by atoms with Gasteiger partial charge < -0.3 is 14.8 Å². The standard InChI is InChI=1S/C19H21NO3/c1-14(11-15-7-5-4-6-8-15)19(21)20-13-16-9-10-17(22-2)18(12-16)23-3/h4-12H,13H2,1-3H3,(H,20,21)/b14-11+. The fraction of sp³-hybridized carbons (Fsp3) is 0.211. The number of benzene rings is 2. The fourth-order valence-electron chi connectivity index (χ4n) is 2.18. The van der Waals surface area contributed by atoms with Crippen LogP contribution in [-0.2, 0) is 11.3 Å². The minimum Gasteiger partial charge on any atom is -0.493 e. The van der Waals surface area contributed by atoms with Gasteiger partial charge in [0.2, 0.25) is 5.91 Å². The molecule has 0 aliphatic rings. The average molecular weight is 311 g/mol. The third kappa shape index (κ3) is 4.61. The van der Waals surface area contributed by atoms with Gasteiger partial charge in [-0.1, -0.05) is 36.4 Å². The lowest BCUT2D eigenvalue weighted by Crippen LogP contribution is -2.23. The molecule has 2 aromatic rings. The molecular formula is C19H21NO3. The molecule has 2 rings (SSSR count). The number of carbonyl (C=O) groups is 1.